The number of aromatic nitrogens is 2. The number of nitrogens with two attached hydrogens (primary N) is 1. The Morgan fingerprint density at radius 2 is 2.26 bits per heavy atom. The Morgan fingerprint density at radius 1 is 1.53 bits per heavy atom. The summed E-state index contributed by atoms with van der Waals surface area (Å²) >= 11 is 0. The summed E-state index contributed by atoms with van der Waals surface area (Å²) in [4.78, 5) is 4.29. The molecule has 1 aromatic rings. The lowest BCUT2D eigenvalue weighted by atomic mass is 9.82. The van der Waals surface area contributed by atoms with Crippen LogP contribution in [-0.4, -0.2) is 22.8 Å². The quantitative estimate of drug-likeness (QED) is 0.910. The van der Waals surface area contributed by atoms with Crippen LogP contribution in [0.5, 0.6) is 0 Å². The lowest BCUT2D eigenvalue weighted by molar-refractivity contribution is 0.179. The highest BCUT2D eigenvalue weighted by Gasteiger charge is 2.27. The summed E-state index contributed by atoms with van der Waals surface area (Å²) in [6.45, 7) is 11.7. The molecular formula is C15H27N3O. The van der Waals surface area contributed by atoms with Gasteiger partial charge in [-0.1, -0.05) is 27.7 Å². The summed E-state index contributed by atoms with van der Waals surface area (Å²) in [7, 11) is 0. The first-order valence-corrected chi connectivity index (χ1v) is 7.23. The molecule has 1 aliphatic heterocycles. The van der Waals surface area contributed by atoms with Gasteiger partial charge in [-0.15, -0.1) is 0 Å². The summed E-state index contributed by atoms with van der Waals surface area (Å²) in [5, 5.41) is 0. The van der Waals surface area contributed by atoms with E-state index in [0.717, 1.165) is 31.9 Å². The molecule has 1 saturated heterocycles. The van der Waals surface area contributed by atoms with E-state index in [1.807, 2.05) is 12.5 Å². The maximum Gasteiger partial charge on any atom is 0.0948 e. The molecule has 0 saturated carbocycles. The van der Waals surface area contributed by atoms with Crippen LogP contribution >= 0.6 is 0 Å². The van der Waals surface area contributed by atoms with Gasteiger partial charge in [-0.2, -0.15) is 0 Å². The third-order valence-corrected chi connectivity index (χ3v) is 4.51. The zero-order valence-electron chi connectivity index (χ0n) is 12.6. The predicted molar refractivity (Wildman–Crippen MR) is 76.7 cm³/mol. The molecule has 4 nitrogen and oxygen atoms in total. The third-order valence-electron chi connectivity index (χ3n) is 4.51. The van der Waals surface area contributed by atoms with Crippen LogP contribution in [0.4, 0.5) is 0 Å². The van der Waals surface area contributed by atoms with Crippen LogP contribution in [0, 0.1) is 17.3 Å². The Labute approximate surface area is 116 Å². The van der Waals surface area contributed by atoms with E-state index in [2.05, 4.69) is 37.2 Å². The minimum atomic E-state index is 0.0390. The number of imidazole rings is 1. The number of rotatable bonds is 4. The molecule has 1 aromatic heterocycles. The fourth-order valence-corrected chi connectivity index (χ4v) is 2.41. The second-order valence-electron chi connectivity index (χ2n) is 6.89. The molecule has 108 valence electrons. The van der Waals surface area contributed by atoms with Gasteiger partial charge < -0.3 is 15.0 Å². The highest BCUT2D eigenvalue weighted by molar-refractivity contribution is 5.07. The molecule has 4 heteroatoms. The number of hydrogen-bond acceptors (Lipinski definition) is 3. The van der Waals surface area contributed by atoms with E-state index >= 15 is 0 Å². The van der Waals surface area contributed by atoms with E-state index in [4.69, 9.17) is 10.5 Å². The maximum atomic E-state index is 6.39. The monoisotopic (exact) mass is 265 g/mol. The number of ether oxygens (including phenoxy) is 1. The first-order valence-electron chi connectivity index (χ1n) is 7.23. The molecule has 0 spiro atoms. The Morgan fingerprint density at radius 3 is 2.84 bits per heavy atom. The lowest BCUT2D eigenvalue weighted by Gasteiger charge is -2.29. The van der Waals surface area contributed by atoms with Crippen molar-refractivity contribution in [3.8, 4) is 0 Å². The smallest absolute Gasteiger partial charge is 0.0948 e. The summed E-state index contributed by atoms with van der Waals surface area (Å²) in [5.41, 5.74) is 7.83. The summed E-state index contributed by atoms with van der Waals surface area (Å²) in [6, 6.07) is 0.0390. The standard InChI is InChI=1S/C15H27N3O/c1-11(15(2,3)4)8-18-10-17-7-13(18)14(16)12-5-6-19-9-12/h7,10-12,14H,5-6,8-9,16H2,1-4H3. The molecule has 2 N–H and O–H groups in total. The maximum absolute atomic E-state index is 6.39. The van der Waals surface area contributed by atoms with Crippen LogP contribution in [0.25, 0.3) is 0 Å². The third kappa shape index (κ3) is 3.37. The molecule has 0 aromatic carbocycles. The van der Waals surface area contributed by atoms with Crippen LogP contribution in [0.15, 0.2) is 12.5 Å². The second kappa shape index (κ2) is 5.63. The molecule has 2 heterocycles. The SMILES string of the molecule is CC(Cn1cncc1C(N)C1CCOC1)C(C)(C)C. The minimum Gasteiger partial charge on any atom is -0.381 e. The van der Waals surface area contributed by atoms with Gasteiger partial charge in [0.15, 0.2) is 0 Å². The molecule has 0 amide bonds. The molecule has 3 unspecified atom stereocenters. The molecule has 19 heavy (non-hydrogen) atoms. The Hall–Kier alpha value is -0.870. The van der Waals surface area contributed by atoms with Gasteiger partial charge in [0.25, 0.3) is 0 Å². The van der Waals surface area contributed by atoms with Crippen molar-refractivity contribution in [2.45, 2.75) is 46.7 Å². The Kier molecular flexibility index (Phi) is 4.31. The highest BCUT2D eigenvalue weighted by Crippen LogP contribution is 2.30. The van der Waals surface area contributed by atoms with Gasteiger partial charge in [-0.25, -0.2) is 4.98 Å². The van der Waals surface area contributed by atoms with Gasteiger partial charge >= 0.3 is 0 Å². The van der Waals surface area contributed by atoms with Crippen molar-refractivity contribution in [2.75, 3.05) is 13.2 Å². The topological polar surface area (TPSA) is 53.1 Å². The molecule has 3 atom stereocenters. The van der Waals surface area contributed by atoms with Crippen LogP contribution in [0.1, 0.15) is 45.9 Å². The van der Waals surface area contributed by atoms with Gasteiger partial charge in [0.2, 0.25) is 0 Å². The fraction of sp³-hybridized carbons (Fsp3) is 0.800. The molecule has 0 bridgehead atoms. The van der Waals surface area contributed by atoms with E-state index in [0.29, 0.717) is 17.3 Å². The number of nitrogens with zero attached hydrogens (tertiary/aromatic N) is 2. The van der Waals surface area contributed by atoms with Gasteiger partial charge in [0, 0.05) is 25.3 Å². The zero-order valence-corrected chi connectivity index (χ0v) is 12.6. The Bertz CT molecular complexity index is 402. The van der Waals surface area contributed by atoms with Gasteiger partial charge in [0.1, 0.15) is 0 Å². The molecular weight excluding hydrogens is 238 g/mol. The molecule has 2 rings (SSSR count). The van der Waals surface area contributed by atoms with Crippen molar-refractivity contribution >= 4 is 0 Å². The van der Waals surface area contributed by atoms with Crippen LogP contribution in [-0.2, 0) is 11.3 Å². The van der Waals surface area contributed by atoms with Crippen LogP contribution in [0.2, 0.25) is 0 Å². The largest absolute Gasteiger partial charge is 0.381 e. The fourth-order valence-electron chi connectivity index (χ4n) is 2.41. The average molecular weight is 265 g/mol. The zero-order chi connectivity index (χ0) is 14.0. The van der Waals surface area contributed by atoms with Crippen molar-refractivity contribution in [3.05, 3.63) is 18.2 Å². The summed E-state index contributed by atoms with van der Waals surface area (Å²) < 4.78 is 7.66. The van der Waals surface area contributed by atoms with Gasteiger partial charge in [-0.3, -0.25) is 0 Å². The van der Waals surface area contributed by atoms with E-state index in [1.54, 1.807) is 0 Å². The van der Waals surface area contributed by atoms with Gasteiger partial charge in [-0.05, 0) is 17.8 Å². The molecule has 0 radical (unpaired) electrons. The van der Waals surface area contributed by atoms with Crippen molar-refractivity contribution in [1.82, 2.24) is 9.55 Å². The van der Waals surface area contributed by atoms with Crippen LogP contribution < -0.4 is 5.73 Å². The second-order valence-corrected chi connectivity index (χ2v) is 6.89. The highest BCUT2D eigenvalue weighted by atomic mass is 16.5. The Balaban J connectivity index is 2.08. The number of hydrogen-bond donors (Lipinski definition) is 1. The first-order chi connectivity index (χ1) is 8.89. The van der Waals surface area contributed by atoms with E-state index in [9.17, 15) is 0 Å². The van der Waals surface area contributed by atoms with E-state index in [-0.39, 0.29) is 6.04 Å². The van der Waals surface area contributed by atoms with Crippen molar-refractivity contribution in [3.63, 3.8) is 0 Å². The van der Waals surface area contributed by atoms with Crippen molar-refractivity contribution < 1.29 is 4.74 Å². The molecule has 1 aliphatic rings. The van der Waals surface area contributed by atoms with Gasteiger partial charge in [0.05, 0.1) is 24.7 Å². The summed E-state index contributed by atoms with van der Waals surface area (Å²) in [5.74, 6) is 1.01. The van der Waals surface area contributed by atoms with Crippen molar-refractivity contribution in [1.29, 1.82) is 0 Å². The summed E-state index contributed by atoms with van der Waals surface area (Å²) in [6.07, 6.45) is 4.88. The molecule has 0 aliphatic carbocycles. The van der Waals surface area contributed by atoms with Crippen molar-refractivity contribution in [2.24, 2.45) is 23.0 Å². The normalized spacial score (nSPS) is 23.5. The lowest BCUT2D eigenvalue weighted by Crippen LogP contribution is -2.27. The van der Waals surface area contributed by atoms with E-state index in [1.165, 1.54) is 0 Å². The minimum absolute atomic E-state index is 0.0390. The first kappa shape index (κ1) is 14.5. The predicted octanol–water partition coefficient (Wildman–Crippen LogP) is 2.60. The van der Waals surface area contributed by atoms with E-state index < -0.39 is 0 Å². The average Bonchev–Trinajstić information content (AvgIpc) is 2.97. The molecule has 1 fully saturated rings. The van der Waals surface area contributed by atoms with Crippen LogP contribution in [0.3, 0.4) is 0 Å².